The lowest BCUT2D eigenvalue weighted by Crippen LogP contribution is -1.89. The topological polar surface area (TPSA) is 25.8 Å². The summed E-state index contributed by atoms with van der Waals surface area (Å²) in [6, 6.07) is 48.1. The van der Waals surface area contributed by atoms with Gasteiger partial charge in [-0.1, -0.05) is 115 Å². The largest absolute Gasteiger partial charge is 0.228 e. The Balaban J connectivity index is 1.71. The van der Waals surface area contributed by atoms with Crippen LogP contribution in [0.2, 0.25) is 0 Å². The van der Waals surface area contributed by atoms with Gasteiger partial charge in [0.15, 0.2) is 5.65 Å². The highest BCUT2D eigenvalue weighted by molar-refractivity contribution is 6.31. The van der Waals surface area contributed by atoms with Gasteiger partial charge in [-0.25, -0.2) is 9.97 Å². The predicted octanol–water partition coefficient (Wildman–Crippen LogP) is 10.3. The van der Waals surface area contributed by atoms with Crippen molar-refractivity contribution >= 4 is 86.7 Å². The van der Waals surface area contributed by atoms with E-state index >= 15 is 0 Å². The summed E-state index contributed by atoms with van der Waals surface area (Å²) >= 11 is 0. The minimum absolute atomic E-state index is 0.753. The van der Waals surface area contributed by atoms with E-state index < -0.39 is 0 Å². The van der Waals surface area contributed by atoms with Crippen LogP contribution in [0.3, 0.4) is 0 Å². The molecule has 0 unspecified atom stereocenters. The van der Waals surface area contributed by atoms with Crippen molar-refractivity contribution in [3.05, 3.63) is 133 Å². The zero-order chi connectivity index (χ0) is 26.2. The van der Waals surface area contributed by atoms with Crippen LogP contribution < -0.4 is 0 Å². The van der Waals surface area contributed by atoms with Crippen molar-refractivity contribution in [2.24, 2.45) is 0 Å². The van der Waals surface area contributed by atoms with E-state index in [1.54, 1.807) is 0 Å². The number of hydrogen-bond acceptors (Lipinski definition) is 2. The average molecular weight is 507 g/mol. The Morgan fingerprint density at radius 2 is 0.900 bits per heavy atom. The van der Waals surface area contributed by atoms with Gasteiger partial charge in [-0.3, -0.25) is 0 Å². The first-order chi connectivity index (χ1) is 19.8. The summed E-state index contributed by atoms with van der Waals surface area (Å²) in [6.45, 7) is 0. The average Bonchev–Trinajstić information content (AvgIpc) is 3.03. The first kappa shape index (κ1) is 21.6. The lowest BCUT2D eigenvalue weighted by Gasteiger charge is -2.12. The minimum Gasteiger partial charge on any atom is -0.228 e. The molecule has 7 aromatic carbocycles. The van der Waals surface area contributed by atoms with Crippen molar-refractivity contribution in [2.45, 2.75) is 0 Å². The molecule has 0 atom stereocenters. The van der Waals surface area contributed by atoms with E-state index in [0.717, 1.165) is 32.8 Å². The molecular weight excluding hydrogens is 484 g/mol. The smallest absolute Gasteiger partial charge is 0.161 e. The summed E-state index contributed by atoms with van der Waals surface area (Å²) in [7, 11) is 0. The summed E-state index contributed by atoms with van der Waals surface area (Å²) in [5, 5.41) is 15.4. The quantitative estimate of drug-likeness (QED) is 0.191. The molecule has 9 aromatic rings. The third kappa shape index (κ3) is 2.99. The van der Waals surface area contributed by atoms with E-state index in [1.807, 2.05) is 0 Å². The Bertz CT molecular complexity index is 2540. The molecule has 6 bridgehead atoms. The number of aromatic nitrogens is 2. The van der Waals surface area contributed by atoms with Gasteiger partial charge in [-0.05, 0) is 66.7 Å². The lowest BCUT2D eigenvalue weighted by molar-refractivity contribution is 1.38. The summed E-state index contributed by atoms with van der Waals surface area (Å²) in [6.07, 6.45) is 0. The molecule has 0 saturated heterocycles. The van der Waals surface area contributed by atoms with Crippen LogP contribution in [0.5, 0.6) is 0 Å². The number of nitrogens with zero attached hydrogens (tertiary/aromatic N) is 2. The highest BCUT2D eigenvalue weighted by Crippen LogP contribution is 2.39. The number of rotatable bonds is 0. The summed E-state index contributed by atoms with van der Waals surface area (Å²) in [5.41, 5.74) is 2.66. The molecule has 184 valence electrons. The van der Waals surface area contributed by atoms with Crippen molar-refractivity contribution in [3.63, 3.8) is 0 Å². The van der Waals surface area contributed by atoms with Crippen LogP contribution >= 0.6 is 0 Å². The molecule has 0 amide bonds. The van der Waals surface area contributed by atoms with Crippen molar-refractivity contribution in [1.82, 2.24) is 9.97 Å². The Kier molecular flexibility index (Phi) is 4.36. The SMILES string of the molecule is c1cc2cc(c1)c1nc(nc3ccccc31)c1cccc3c4ccccc4c4ccc(cc4c13)c1ccccc21. The van der Waals surface area contributed by atoms with Gasteiger partial charge >= 0.3 is 0 Å². The molecule has 2 nitrogen and oxygen atoms in total. The predicted molar refractivity (Wildman–Crippen MR) is 171 cm³/mol. The molecule has 0 fully saturated rings. The van der Waals surface area contributed by atoms with Gasteiger partial charge in [0.05, 0.1) is 11.0 Å². The second-order valence-electron chi connectivity index (χ2n) is 10.6. The molecule has 0 aliphatic rings. The third-order valence-corrected chi connectivity index (χ3v) is 8.39. The van der Waals surface area contributed by atoms with Crippen LogP contribution in [-0.2, 0) is 0 Å². The van der Waals surface area contributed by atoms with Gasteiger partial charge in [0, 0.05) is 21.5 Å². The number of para-hydroxylation sites is 1. The summed E-state index contributed by atoms with van der Waals surface area (Å²) in [5.74, 6) is 0. The molecule has 40 heavy (non-hydrogen) atoms. The number of benzene rings is 7. The van der Waals surface area contributed by atoms with Gasteiger partial charge in [0.25, 0.3) is 0 Å². The van der Waals surface area contributed by atoms with Crippen LogP contribution in [0.25, 0.3) is 86.7 Å². The van der Waals surface area contributed by atoms with Crippen molar-refractivity contribution in [3.8, 4) is 0 Å². The van der Waals surface area contributed by atoms with Crippen molar-refractivity contribution in [1.29, 1.82) is 0 Å². The van der Waals surface area contributed by atoms with Crippen LogP contribution in [0.15, 0.2) is 133 Å². The second kappa shape index (κ2) is 8.08. The van der Waals surface area contributed by atoms with E-state index in [-0.39, 0.29) is 0 Å². The van der Waals surface area contributed by atoms with E-state index in [1.165, 1.54) is 53.9 Å². The first-order valence-electron chi connectivity index (χ1n) is 13.7. The first-order valence-corrected chi connectivity index (χ1v) is 13.7. The maximum absolute atomic E-state index is 5.32. The van der Waals surface area contributed by atoms with E-state index in [0.29, 0.717) is 0 Å². The van der Waals surface area contributed by atoms with E-state index in [9.17, 15) is 0 Å². The van der Waals surface area contributed by atoms with Crippen LogP contribution in [0.1, 0.15) is 0 Å². The Morgan fingerprint density at radius 1 is 0.325 bits per heavy atom. The highest BCUT2D eigenvalue weighted by atomic mass is 14.9. The molecule has 0 spiro atoms. The normalized spacial score (nSPS) is 12.0. The van der Waals surface area contributed by atoms with Crippen molar-refractivity contribution < 1.29 is 0 Å². The molecule has 0 saturated carbocycles. The second-order valence-corrected chi connectivity index (χ2v) is 10.6. The number of fused-ring (bicyclic) bond motifs is 15. The van der Waals surface area contributed by atoms with Crippen LogP contribution in [0.4, 0.5) is 0 Å². The molecule has 0 aliphatic carbocycles. The monoisotopic (exact) mass is 506 g/mol. The number of hydrogen-bond donors (Lipinski definition) is 0. The molecule has 2 heteroatoms. The fraction of sp³-hybridized carbons (Fsp3) is 0. The minimum atomic E-state index is 0.753. The van der Waals surface area contributed by atoms with Crippen LogP contribution in [0, 0.1) is 0 Å². The van der Waals surface area contributed by atoms with Crippen LogP contribution in [-0.4, -0.2) is 9.97 Å². The Labute approximate surface area is 229 Å². The third-order valence-electron chi connectivity index (χ3n) is 8.39. The summed E-state index contributed by atoms with van der Waals surface area (Å²) in [4.78, 5) is 10.5. The zero-order valence-electron chi connectivity index (χ0n) is 21.6. The maximum atomic E-state index is 5.32. The molecular formula is C38H22N2. The molecule has 9 rings (SSSR count). The van der Waals surface area contributed by atoms with E-state index in [2.05, 4.69) is 133 Å². The lowest BCUT2D eigenvalue weighted by atomic mass is 9.91. The summed E-state index contributed by atoms with van der Waals surface area (Å²) < 4.78 is 0. The van der Waals surface area contributed by atoms with Gasteiger partial charge in [-0.2, -0.15) is 0 Å². The molecule has 2 heterocycles. The Hall–Kier alpha value is -5.34. The van der Waals surface area contributed by atoms with Crippen molar-refractivity contribution in [2.75, 3.05) is 0 Å². The maximum Gasteiger partial charge on any atom is 0.161 e. The highest BCUT2D eigenvalue weighted by Gasteiger charge is 2.13. The van der Waals surface area contributed by atoms with E-state index in [4.69, 9.17) is 9.97 Å². The Morgan fingerprint density at radius 3 is 1.73 bits per heavy atom. The molecule has 2 aromatic heterocycles. The zero-order valence-corrected chi connectivity index (χ0v) is 21.6. The molecule has 0 N–H and O–H groups in total. The molecule has 0 aliphatic heterocycles. The molecule has 0 radical (unpaired) electrons. The van der Waals surface area contributed by atoms with Gasteiger partial charge in [-0.15, -0.1) is 0 Å². The van der Waals surface area contributed by atoms with Gasteiger partial charge in [0.2, 0.25) is 0 Å². The standard InChI is InChI=1S/C38H22N2/c1-2-12-27-24-19-20-30-28-13-3-4-14-29(28)31-16-8-17-33(36(31)34(30)22-24)38-39-35-18-6-5-15-32(35)37(40-38)25-10-7-9-23(21-25)26(27)11-1/h1-22H. The van der Waals surface area contributed by atoms with Gasteiger partial charge in [0.1, 0.15) is 0 Å². The van der Waals surface area contributed by atoms with Gasteiger partial charge < -0.3 is 0 Å². The fourth-order valence-corrected chi connectivity index (χ4v) is 6.60. The fourth-order valence-electron chi connectivity index (χ4n) is 6.60.